The standard InChI is InChI=1S/C22H28N6O2/c1-5-15(16-6-8-24-20(16)23-3)21-25-18(17-7-9-27(4)22(17)29)12-19(26-21)28-10-11-30-13-14(28)2/h5-6,8,12,14,17,24H,3,7,9-11,13H2,1-2,4H3/b15-5+/t14-,17?/m1/s1. The van der Waals surface area contributed by atoms with Crippen molar-refractivity contribution in [3.8, 4) is 0 Å². The van der Waals surface area contributed by atoms with Gasteiger partial charge in [-0.05, 0) is 33.1 Å². The lowest BCUT2D eigenvalue weighted by molar-refractivity contribution is -0.127. The average Bonchev–Trinajstić information content (AvgIpc) is 3.35. The van der Waals surface area contributed by atoms with E-state index in [1.54, 1.807) is 4.90 Å². The van der Waals surface area contributed by atoms with E-state index < -0.39 is 0 Å². The predicted octanol–water partition coefficient (Wildman–Crippen LogP) is 2.76. The van der Waals surface area contributed by atoms with Crippen LogP contribution in [-0.4, -0.2) is 71.9 Å². The Morgan fingerprint density at radius 3 is 2.90 bits per heavy atom. The highest BCUT2D eigenvalue weighted by Crippen LogP contribution is 2.33. The van der Waals surface area contributed by atoms with Crippen LogP contribution in [0.5, 0.6) is 0 Å². The minimum absolute atomic E-state index is 0.109. The summed E-state index contributed by atoms with van der Waals surface area (Å²) in [6.07, 6.45) is 4.57. The monoisotopic (exact) mass is 408 g/mol. The van der Waals surface area contributed by atoms with Gasteiger partial charge in [0.2, 0.25) is 5.91 Å². The Morgan fingerprint density at radius 2 is 2.23 bits per heavy atom. The van der Waals surface area contributed by atoms with Crippen molar-refractivity contribution in [2.45, 2.75) is 32.2 Å². The van der Waals surface area contributed by atoms with Crippen molar-refractivity contribution in [2.75, 3.05) is 38.3 Å². The van der Waals surface area contributed by atoms with Crippen LogP contribution >= 0.6 is 0 Å². The lowest BCUT2D eigenvalue weighted by Gasteiger charge is -2.34. The second-order valence-electron chi connectivity index (χ2n) is 7.79. The number of carbonyl (C=O) groups is 1. The second kappa shape index (κ2) is 8.39. The van der Waals surface area contributed by atoms with Crippen LogP contribution in [0.3, 0.4) is 0 Å². The molecule has 2 fully saturated rings. The third-order valence-electron chi connectivity index (χ3n) is 5.88. The molecular formula is C22H28N6O2. The van der Waals surface area contributed by atoms with Crippen molar-refractivity contribution in [1.82, 2.24) is 19.9 Å². The molecule has 0 bridgehead atoms. The second-order valence-corrected chi connectivity index (χ2v) is 7.79. The number of H-pyrrole nitrogens is 1. The number of morpholine rings is 1. The smallest absolute Gasteiger partial charge is 0.231 e. The van der Waals surface area contributed by atoms with Crippen molar-refractivity contribution in [3.05, 3.63) is 41.5 Å². The van der Waals surface area contributed by atoms with E-state index in [-0.39, 0.29) is 17.9 Å². The van der Waals surface area contributed by atoms with Crippen LogP contribution < -0.4 is 4.90 Å². The third-order valence-corrected chi connectivity index (χ3v) is 5.88. The molecule has 2 aromatic heterocycles. The molecule has 1 N–H and O–H groups in total. The van der Waals surface area contributed by atoms with Gasteiger partial charge in [0.05, 0.1) is 30.9 Å². The van der Waals surface area contributed by atoms with Crippen LogP contribution in [0.4, 0.5) is 11.6 Å². The molecule has 0 aromatic carbocycles. The number of nitrogens with zero attached hydrogens (tertiary/aromatic N) is 5. The molecule has 0 aliphatic carbocycles. The Bertz CT molecular complexity index is 982. The third kappa shape index (κ3) is 3.63. The molecule has 30 heavy (non-hydrogen) atoms. The number of hydrogen-bond acceptors (Lipinski definition) is 6. The van der Waals surface area contributed by atoms with Crippen LogP contribution in [0.15, 0.2) is 29.4 Å². The van der Waals surface area contributed by atoms with Gasteiger partial charge in [0, 0.05) is 43.5 Å². The number of nitrogens with one attached hydrogen (secondary N) is 1. The molecule has 4 heterocycles. The van der Waals surface area contributed by atoms with Crippen LogP contribution in [-0.2, 0) is 9.53 Å². The van der Waals surface area contributed by atoms with Crippen molar-refractivity contribution in [3.63, 3.8) is 0 Å². The Hall–Kier alpha value is -3.00. The normalized spacial score (nSPS) is 22.6. The van der Waals surface area contributed by atoms with E-state index in [1.807, 2.05) is 38.4 Å². The molecule has 158 valence electrons. The maximum absolute atomic E-state index is 12.7. The summed E-state index contributed by atoms with van der Waals surface area (Å²) >= 11 is 0. The van der Waals surface area contributed by atoms with Crippen LogP contribution in [0.25, 0.3) is 5.57 Å². The number of anilines is 1. The molecular weight excluding hydrogens is 380 g/mol. The Labute approximate surface area is 176 Å². The summed E-state index contributed by atoms with van der Waals surface area (Å²) < 4.78 is 5.60. The van der Waals surface area contributed by atoms with E-state index in [0.717, 1.165) is 42.2 Å². The van der Waals surface area contributed by atoms with Crippen LogP contribution in [0, 0.1) is 0 Å². The van der Waals surface area contributed by atoms with Gasteiger partial charge >= 0.3 is 0 Å². The summed E-state index contributed by atoms with van der Waals surface area (Å²) in [6.45, 7) is 10.5. The number of rotatable bonds is 5. The molecule has 1 amide bonds. The number of likely N-dealkylation sites (tertiary alicyclic amines) is 1. The number of allylic oxidation sites excluding steroid dienone is 1. The fourth-order valence-corrected chi connectivity index (χ4v) is 4.18. The van der Waals surface area contributed by atoms with Crippen molar-refractivity contribution in [2.24, 2.45) is 4.99 Å². The number of carbonyl (C=O) groups excluding carboxylic acids is 1. The first-order valence-corrected chi connectivity index (χ1v) is 10.3. The van der Waals surface area contributed by atoms with Gasteiger partial charge in [-0.25, -0.2) is 15.0 Å². The van der Waals surface area contributed by atoms with Crippen molar-refractivity contribution in [1.29, 1.82) is 0 Å². The first-order valence-electron chi connectivity index (χ1n) is 10.3. The summed E-state index contributed by atoms with van der Waals surface area (Å²) in [7, 11) is 1.84. The highest BCUT2D eigenvalue weighted by molar-refractivity contribution is 5.86. The zero-order valence-corrected chi connectivity index (χ0v) is 17.8. The number of aliphatic imine (C=N–C) groups is 1. The number of likely N-dealkylation sites (N-methyl/N-ethyl adjacent to an activating group) is 1. The van der Waals surface area contributed by atoms with Crippen LogP contribution in [0.2, 0.25) is 0 Å². The van der Waals surface area contributed by atoms with Crippen LogP contribution in [0.1, 0.15) is 43.3 Å². The molecule has 4 rings (SSSR count). The first kappa shape index (κ1) is 20.3. The zero-order valence-electron chi connectivity index (χ0n) is 17.8. The van der Waals surface area contributed by atoms with Gasteiger partial charge in [0.25, 0.3) is 0 Å². The molecule has 2 aliphatic rings. The van der Waals surface area contributed by atoms with Gasteiger partial charge < -0.3 is 19.5 Å². The largest absolute Gasteiger partial charge is 0.377 e. The minimum atomic E-state index is -0.242. The van der Waals surface area contributed by atoms with E-state index >= 15 is 0 Å². The van der Waals surface area contributed by atoms with E-state index in [2.05, 4.69) is 28.5 Å². The number of aromatic amines is 1. The lowest BCUT2D eigenvalue weighted by atomic mass is 10.0. The van der Waals surface area contributed by atoms with E-state index in [1.165, 1.54) is 0 Å². The zero-order chi connectivity index (χ0) is 21.3. The molecule has 2 atom stereocenters. The van der Waals surface area contributed by atoms with E-state index in [9.17, 15) is 4.79 Å². The molecule has 0 saturated carbocycles. The van der Waals surface area contributed by atoms with Gasteiger partial charge in [-0.2, -0.15) is 0 Å². The predicted molar refractivity (Wildman–Crippen MR) is 117 cm³/mol. The maximum Gasteiger partial charge on any atom is 0.231 e. The molecule has 8 nitrogen and oxygen atoms in total. The molecule has 2 aromatic rings. The number of amides is 1. The molecule has 2 aliphatic heterocycles. The summed E-state index contributed by atoms with van der Waals surface area (Å²) in [5, 5.41) is 0. The molecule has 0 spiro atoms. The maximum atomic E-state index is 12.7. The SMILES string of the molecule is C=Nc1[nH]ccc1/C(=C\C)c1nc(C2CCN(C)C2=O)cc(N2CCOC[C@H]2C)n1. The lowest BCUT2D eigenvalue weighted by Crippen LogP contribution is -2.44. The van der Waals surface area contributed by atoms with Gasteiger partial charge in [-0.15, -0.1) is 0 Å². The summed E-state index contributed by atoms with van der Waals surface area (Å²) in [4.78, 5) is 33.7. The van der Waals surface area contributed by atoms with Gasteiger partial charge in [-0.3, -0.25) is 4.79 Å². The fourth-order valence-electron chi connectivity index (χ4n) is 4.18. The summed E-state index contributed by atoms with van der Waals surface area (Å²) in [5.41, 5.74) is 2.52. The van der Waals surface area contributed by atoms with E-state index in [4.69, 9.17) is 14.7 Å². The minimum Gasteiger partial charge on any atom is -0.377 e. The van der Waals surface area contributed by atoms with Gasteiger partial charge in [0.15, 0.2) is 5.82 Å². The summed E-state index contributed by atoms with van der Waals surface area (Å²) in [6, 6.07) is 4.12. The van der Waals surface area contributed by atoms with Crippen molar-refractivity contribution < 1.29 is 9.53 Å². The Balaban J connectivity index is 1.83. The number of aromatic nitrogens is 3. The quantitative estimate of drug-likeness (QED) is 0.769. The summed E-state index contributed by atoms with van der Waals surface area (Å²) in [5.74, 6) is 1.97. The number of ether oxygens (including phenoxy) is 1. The van der Waals surface area contributed by atoms with Crippen molar-refractivity contribution >= 4 is 29.8 Å². The molecule has 1 unspecified atom stereocenters. The highest BCUT2D eigenvalue weighted by Gasteiger charge is 2.33. The average molecular weight is 409 g/mol. The topological polar surface area (TPSA) is 86.7 Å². The highest BCUT2D eigenvalue weighted by atomic mass is 16.5. The molecule has 0 radical (unpaired) electrons. The Kier molecular flexibility index (Phi) is 5.67. The Morgan fingerprint density at radius 1 is 1.40 bits per heavy atom. The number of hydrogen-bond donors (Lipinski definition) is 1. The van der Waals surface area contributed by atoms with Gasteiger partial charge in [0.1, 0.15) is 11.6 Å². The van der Waals surface area contributed by atoms with Gasteiger partial charge in [-0.1, -0.05) is 6.08 Å². The first-order chi connectivity index (χ1) is 14.5. The molecule has 8 heteroatoms. The molecule has 2 saturated heterocycles. The fraction of sp³-hybridized carbons (Fsp3) is 0.455. The van der Waals surface area contributed by atoms with E-state index in [0.29, 0.717) is 24.9 Å².